The van der Waals surface area contributed by atoms with E-state index in [0.717, 1.165) is 40.8 Å². The maximum atomic E-state index is 13.2. The van der Waals surface area contributed by atoms with Gasteiger partial charge in [0.15, 0.2) is 11.0 Å². The van der Waals surface area contributed by atoms with Crippen LogP contribution in [0.15, 0.2) is 42.5 Å². The number of nitrogens with zero attached hydrogens (tertiary/aromatic N) is 3. The topological polar surface area (TPSA) is 84.5 Å². The molecule has 0 spiro atoms. The van der Waals surface area contributed by atoms with Gasteiger partial charge in [-0.3, -0.25) is 14.5 Å². The van der Waals surface area contributed by atoms with Crippen LogP contribution >= 0.6 is 0 Å². The van der Waals surface area contributed by atoms with Crippen LogP contribution in [0.4, 0.5) is 4.79 Å². The monoisotopic (exact) mass is 507 g/mol. The number of rotatable bonds is 10. The Kier molecular flexibility index (Phi) is 9.08. The maximum absolute atomic E-state index is 13.2. The van der Waals surface area contributed by atoms with E-state index in [4.69, 9.17) is 4.74 Å². The highest BCUT2D eigenvalue weighted by Gasteiger charge is 2.28. The fourth-order valence-corrected chi connectivity index (χ4v) is 4.54. The predicted octanol–water partition coefficient (Wildman–Crippen LogP) is 4.53. The number of aryl methyl sites for hydroxylation is 4. The van der Waals surface area contributed by atoms with Gasteiger partial charge in [0.2, 0.25) is 6.41 Å². The molecule has 3 amide bonds. The third-order valence-electron chi connectivity index (χ3n) is 6.26. The Morgan fingerprint density at radius 1 is 1.14 bits per heavy atom. The molecule has 0 saturated carbocycles. The number of hydrogen-bond donors (Lipinski definition) is 1. The van der Waals surface area contributed by atoms with Gasteiger partial charge in [0, 0.05) is 12.1 Å². The van der Waals surface area contributed by atoms with Gasteiger partial charge in [-0.15, -0.1) is 0 Å². The first-order valence-electron chi connectivity index (χ1n) is 12.9. The van der Waals surface area contributed by atoms with Gasteiger partial charge in [-0.05, 0) is 83.7 Å². The molecule has 1 aromatic heterocycles. The summed E-state index contributed by atoms with van der Waals surface area (Å²) in [6.07, 6.45) is 1.79. The van der Waals surface area contributed by atoms with E-state index < -0.39 is 11.7 Å². The van der Waals surface area contributed by atoms with Gasteiger partial charge in [-0.2, -0.15) is 0 Å². The Hall–Kier alpha value is -3.68. The van der Waals surface area contributed by atoms with Gasteiger partial charge in [-0.1, -0.05) is 24.3 Å². The number of benzene rings is 2. The molecule has 3 aromatic rings. The molecule has 8 heteroatoms. The summed E-state index contributed by atoms with van der Waals surface area (Å²) in [5, 5.41) is 2.81. The molecule has 0 fully saturated rings. The van der Waals surface area contributed by atoms with Crippen molar-refractivity contribution < 1.29 is 23.7 Å². The van der Waals surface area contributed by atoms with Gasteiger partial charge < -0.3 is 10.1 Å². The minimum absolute atomic E-state index is 0.183. The second-order valence-corrected chi connectivity index (χ2v) is 10.1. The quantitative estimate of drug-likeness (QED) is 0.248. The molecule has 0 saturated heterocycles. The third kappa shape index (κ3) is 6.76. The van der Waals surface area contributed by atoms with Crippen LogP contribution in [-0.4, -0.2) is 40.0 Å². The normalized spacial score (nSPS) is 11.4. The SMILES string of the molecule is CCn1c(CN(C=O)C(=O)c2ccccc2C)[n+](CC)c2ccc(CCCNC(=O)OC(C)(C)C)cc21. The Morgan fingerprint density at radius 3 is 2.49 bits per heavy atom. The zero-order chi connectivity index (χ0) is 27.2. The molecule has 1 N–H and O–H groups in total. The minimum Gasteiger partial charge on any atom is -0.444 e. The highest BCUT2D eigenvalue weighted by molar-refractivity contribution is 6.00. The van der Waals surface area contributed by atoms with Gasteiger partial charge in [0.05, 0.1) is 13.1 Å². The number of carbonyl (C=O) groups is 3. The molecule has 0 unspecified atom stereocenters. The number of nitrogens with one attached hydrogen (secondary N) is 1. The molecule has 198 valence electrons. The number of alkyl carbamates (subject to hydrolysis) is 1. The van der Waals surface area contributed by atoms with Crippen LogP contribution in [0.1, 0.15) is 68.3 Å². The molecule has 1 heterocycles. The van der Waals surface area contributed by atoms with Crippen LogP contribution < -0.4 is 9.88 Å². The number of aromatic nitrogens is 2. The summed E-state index contributed by atoms with van der Waals surface area (Å²) in [7, 11) is 0. The fraction of sp³-hybridized carbons (Fsp3) is 0.448. The smallest absolute Gasteiger partial charge is 0.407 e. The lowest BCUT2D eigenvalue weighted by Crippen LogP contribution is -2.41. The van der Waals surface area contributed by atoms with Crippen LogP contribution in [-0.2, 0) is 35.6 Å². The lowest BCUT2D eigenvalue weighted by molar-refractivity contribution is -0.677. The number of fused-ring (bicyclic) bond motifs is 1. The van der Waals surface area contributed by atoms with Crippen molar-refractivity contribution in [2.75, 3.05) is 6.54 Å². The van der Waals surface area contributed by atoms with Crippen LogP contribution in [0.25, 0.3) is 11.0 Å². The average Bonchev–Trinajstić information content (AvgIpc) is 3.15. The molecule has 37 heavy (non-hydrogen) atoms. The standard InChI is InChI=1S/C29H38N4O4/c1-7-32-24-16-15-22(13-11-17-30-28(36)37-29(4,5)6)18-25(24)33(8-2)26(32)19-31(20-34)27(35)23-14-10-9-12-21(23)3/h9-10,12,14-16,18,20H,7-8,11,13,17,19H2,1-6H3/p+1. The van der Waals surface area contributed by atoms with Gasteiger partial charge in [0.1, 0.15) is 12.1 Å². The van der Waals surface area contributed by atoms with E-state index in [0.29, 0.717) is 31.6 Å². The van der Waals surface area contributed by atoms with Gasteiger partial charge >= 0.3 is 6.09 Å². The second-order valence-electron chi connectivity index (χ2n) is 10.1. The average molecular weight is 508 g/mol. The van der Waals surface area contributed by atoms with E-state index in [9.17, 15) is 14.4 Å². The Labute approximate surface area is 219 Å². The number of hydrogen-bond acceptors (Lipinski definition) is 4. The first-order chi connectivity index (χ1) is 17.6. The molecular weight excluding hydrogens is 468 g/mol. The largest absolute Gasteiger partial charge is 0.444 e. The first kappa shape index (κ1) is 27.9. The van der Waals surface area contributed by atoms with E-state index in [1.807, 2.05) is 45.9 Å². The van der Waals surface area contributed by atoms with Crippen molar-refractivity contribution in [2.24, 2.45) is 0 Å². The molecule has 0 atom stereocenters. The zero-order valence-corrected chi connectivity index (χ0v) is 22.8. The van der Waals surface area contributed by atoms with E-state index >= 15 is 0 Å². The van der Waals surface area contributed by atoms with Crippen molar-refractivity contribution >= 4 is 29.4 Å². The zero-order valence-electron chi connectivity index (χ0n) is 22.8. The Balaban J connectivity index is 1.81. The van der Waals surface area contributed by atoms with E-state index in [-0.39, 0.29) is 12.5 Å². The molecule has 0 aliphatic carbocycles. The van der Waals surface area contributed by atoms with Crippen molar-refractivity contribution in [2.45, 2.75) is 79.6 Å². The summed E-state index contributed by atoms with van der Waals surface area (Å²) in [6.45, 7) is 13.6. The lowest BCUT2D eigenvalue weighted by Gasteiger charge is -2.19. The first-order valence-corrected chi connectivity index (χ1v) is 12.9. The fourth-order valence-electron chi connectivity index (χ4n) is 4.54. The summed E-state index contributed by atoms with van der Waals surface area (Å²) in [4.78, 5) is 38.3. The highest BCUT2D eigenvalue weighted by atomic mass is 16.6. The van der Waals surface area contributed by atoms with E-state index in [1.54, 1.807) is 6.07 Å². The predicted molar refractivity (Wildman–Crippen MR) is 143 cm³/mol. The molecule has 8 nitrogen and oxygen atoms in total. The number of carbonyl (C=O) groups excluding carboxylic acids is 3. The highest BCUT2D eigenvalue weighted by Crippen LogP contribution is 2.20. The van der Waals surface area contributed by atoms with E-state index in [2.05, 4.69) is 46.5 Å². The van der Waals surface area contributed by atoms with Crippen LogP contribution in [0.5, 0.6) is 0 Å². The van der Waals surface area contributed by atoms with Crippen LogP contribution in [0, 0.1) is 6.92 Å². The minimum atomic E-state index is -0.517. The van der Waals surface area contributed by atoms with Crippen LogP contribution in [0.3, 0.4) is 0 Å². The van der Waals surface area contributed by atoms with E-state index in [1.165, 1.54) is 4.90 Å². The summed E-state index contributed by atoms with van der Waals surface area (Å²) in [5.41, 5.74) is 4.12. The lowest BCUT2D eigenvalue weighted by atomic mass is 10.1. The number of ether oxygens (including phenoxy) is 1. The molecule has 0 aliphatic rings. The van der Waals surface area contributed by atoms with Gasteiger partial charge in [0.25, 0.3) is 11.7 Å². The number of imidazole rings is 1. The molecule has 0 bridgehead atoms. The second kappa shape index (κ2) is 12.0. The summed E-state index contributed by atoms with van der Waals surface area (Å²) < 4.78 is 9.62. The molecule has 0 radical (unpaired) electrons. The molecular formula is C29H39N4O4+. The summed E-state index contributed by atoms with van der Waals surface area (Å²) >= 11 is 0. The van der Waals surface area contributed by atoms with Crippen molar-refractivity contribution in [1.82, 2.24) is 14.8 Å². The number of amides is 3. The molecule has 3 rings (SSSR count). The van der Waals surface area contributed by atoms with Gasteiger partial charge in [-0.25, -0.2) is 13.9 Å². The maximum Gasteiger partial charge on any atom is 0.407 e. The van der Waals surface area contributed by atoms with Crippen LogP contribution in [0.2, 0.25) is 0 Å². The molecule has 0 aliphatic heterocycles. The Bertz CT molecular complexity index is 1270. The summed E-state index contributed by atoms with van der Waals surface area (Å²) in [6, 6.07) is 13.7. The third-order valence-corrected chi connectivity index (χ3v) is 6.26. The number of imide groups is 1. The summed E-state index contributed by atoms with van der Waals surface area (Å²) in [5.74, 6) is 0.597. The van der Waals surface area contributed by atoms with Crippen molar-refractivity contribution in [3.63, 3.8) is 0 Å². The van der Waals surface area contributed by atoms with Crippen molar-refractivity contribution in [1.29, 1.82) is 0 Å². The molecule has 2 aromatic carbocycles. The van der Waals surface area contributed by atoms with Crippen molar-refractivity contribution in [3.8, 4) is 0 Å². The van der Waals surface area contributed by atoms with Crippen molar-refractivity contribution in [3.05, 3.63) is 65.0 Å². The Morgan fingerprint density at radius 2 is 1.86 bits per heavy atom.